The van der Waals surface area contributed by atoms with E-state index in [0.29, 0.717) is 11.4 Å². The molecule has 0 aliphatic rings. The van der Waals surface area contributed by atoms with E-state index in [9.17, 15) is 4.79 Å². The molecule has 0 unspecified atom stereocenters. The van der Waals surface area contributed by atoms with Crippen LogP contribution in [-0.4, -0.2) is 22.8 Å². The maximum atomic E-state index is 12.0. The summed E-state index contributed by atoms with van der Waals surface area (Å²) in [5.41, 5.74) is 2.51. The van der Waals surface area contributed by atoms with E-state index in [-0.39, 0.29) is 12.5 Å². The van der Waals surface area contributed by atoms with Gasteiger partial charge in [0.1, 0.15) is 12.3 Å². The number of benzene rings is 1. The Morgan fingerprint density at radius 2 is 2.20 bits per heavy atom. The largest absolute Gasteiger partial charge is 0.497 e. The summed E-state index contributed by atoms with van der Waals surface area (Å²) in [7, 11) is 1.59. The van der Waals surface area contributed by atoms with Crippen LogP contribution in [0.1, 0.15) is 11.4 Å². The average Bonchev–Trinajstić information content (AvgIpc) is 2.66. The van der Waals surface area contributed by atoms with Crippen LogP contribution in [0.25, 0.3) is 0 Å². The standard InChI is InChI=1S/C14H16BrN3O2/c1-9-14(15)10(2)18(17-9)8-13(19)16-11-5-4-6-12(7-11)20-3/h4-7H,8H2,1-3H3,(H,16,19). The summed E-state index contributed by atoms with van der Waals surface area (Å²) < 4.78 is 7.73. The van der Waals surface area contributed by atoms with E-state index in [1.54, 1.807) is 17.9 Å². The topological polar surface area (TPSA) is 56.1 Å². The Morgan fingerprint density at radius 3 is 2.80 bits per heavy atom. The van der Waals surface area contributed by atoms with E-state index in [0.717, 1.165) is 15.9 Å². The van der Waals surface area contributed by atoms with Crippen LogP contribution in [0.4, 0.5) is 5.69 Å². The van der Waals surface area contributed by atoms with Gasteiger partial charge in [-0.2, -0.15) is 5.10 Å². The maximum absolute atomic E-state index is 12.0. The smallest absolute Gasteiger partial charge is 0.246 e. The number of carbonyl (C=O) groups is 1. The second-order valence-electron chi connectivity index (χ2n) is 4.42. The number of anilines is 1. The molecule has 6 heteroatoms. The fraction of sp³-hybridized carbons (Fsp3) is 0.286. The van der Waals surface area contributed by atoms with Gasteiger partial charge >= 0.3 is 0 Å². The molecule has 2 aromatic rings. The van der Waals surface area contributed by atoms with Gasteiger partial charge in [0.15, 0.2) is 0 Å². The molecule has 0 aliphatic carbocycles. The summed E-state index contributed by atoms with van der Waals surface area (Å²) in [5, 5.41) is 7.14. The molecule has 1 amide bonds. The fourth-order valence-corrected chi connectivity index (χ4v) is 2.15. The van der Waals surface area contributed by atoms with Gasteiger partial charge in [0.05, 0.1) is 23.0 Å². The van der Waals surface area contributed by atoms with Crippen LogP contribution in [0.5, 0.6) is 5.75 Å². The van der Waals surface area contributed by atoms with Crippen molar-refractivity contribution in [3.63, 3.8) is 0 Å². The van der Waals surface area contributed by atoms with Crippen molar-refractivity contribution in [2.45, 2.75) is 20.4 Å². The number of hydrogen-bond donors (Lipinski definition) is 1. The molecule has 0 aliphatic heterocycles. The first-order chi connectivity index (χ1) is 9.51. The molecular formula is C14H16BrN3O2. The number of aromatic nitrogens is 2. The minimum Gasteiger partial charge on any atom is -0.497 e. The second-order valence-corrected chi connectivity index (χ2v) is 5.22. The summed E-state index contributed by atoms with van der Waals surface area (Å²) in [5.74, 6) is 0.577. The van der Waals surface area contributed by atoms with E-state index < -0.39 is 0 Å². The number of nitrogens with zero attached hydrogens (tertiary/aromatic N) is 2. The summed E-state index contributed by atoms with van der Waals surface area (Å²) in [6.45, 7) is 3.99. The lowest BCUT2D eigenvalue weighted by Gasteiger charge is -2.08. The van der Waals surface area contributed by atoms with Crippen molar-refractivity contribution < 1.29 is 9.53 Å². The zero-order valence-electron chi connectivity index (χ0n) is 11.6. The number of methoxy groups -OCH3 is 1. The Bertz CT molecular complexity index is 637. The number of aryl methyl sites for hydroxylation is 1. The molecule has 106 valence electrons. The fourth-order valence-electron chi connectivity index (χ4n) is 1.87. The Morgan fingerprint density at radius 1 is 1.45 bits per heavy atom. The van der Waals surface area contributed by atoms with Crippen LogP contribution in [0, 0.1) is 13.8 Å². The average molecular weight is 338 g/mol. The molecule has 0 saturated carbocycles. The van der Waals surface area contributed by atoms with E-state index in [4.69, 9.17) is 4.74 Å². The molecule has 1 N–H and O–H groups in total. The lowest BCUT2D eigenvalue weighted by atomic mass is 10.3. The van der Waals surface area contributed by atoms with Crippen molar-refractivity contribution in [1.29, 1.82) is 0 Å². The SMILES string of the molecule is COc1cccc(NC(=O)Cn2nc(C)c(Br)c2C)c1. The highest BCUT2D eigenvalue weighted by Gasteiger charge is 2.12. The van der Waals surface area contributed by atoms with Crippen LogP contribution >= 0.6 is 15.9 Å². The highest BCUT2D eigenvalue weighted by molar-refractivity contribution is 9.10. The minimum absolute atomic E-state index is 0.128. The number of ether oxygens (including phenoxy) is 1. The van der Waals surface area contributed by atoms with E-state index in [2.05, 4.69) is 26.3 Å². The third kappa shape index (κ3) is 3.19. The van der Waals surface area contributed by atoms with Gasteiger partial charge in [-0.15, -0.1) is 0 Å². The quantitative estimate of drug-likeness (QED) is 0.933. The van der Waals surface area contributed by atoms with Crippen molar-refractivity contribution in [3.8, 4) is 5.75 Å². The zero-order valence-corrected chi connectivity index (χ0v) is 13.2. The Balaban J connectivity index is 2.07. The van der Waals surface area contributed by atoms with Crippen molar-refractivity contribution >= 4 is 27.5 Å². The lowest BCUT2D eigenvalue weighted by molar-refractivity contribution is -0.116. The number of rotatable bonds is 4. The first-order valence-corrected chi connectivity index (χ1v) is 6.94. The first-order valence-electron chi connectivity index (χ1n) is 6.14. The highest BCUT2D eigenvalue weighted by atomic mass is 79.9. The van der Waals surface area contributed by atoms with Crippen LogP contribution in [-0.2, 0) is 11.3 Å². The van der Waals surface area contributed by atoms with E-state index in [1.165, 1.54) is 0 Å². The zero-order chi connectivity index (χ0) is 14.7. The van der Waals surface area contributed by atoms with E-state index >= 15 is 0 Å². The first kappa shape index (κ1) is 14.6. The third-order valence-electron chi connectivity index (χ3n) is 2.94. The van der Waals surface area contributed by atoms with Crippen molar-refractivity contribution in [3.05, 3.63) is 40.1 Å². The molecule has 0 saturated heterocycles. The van der Waals surface area contributed by atoms with Crippen LogP contribution in [0.15, 0.2) is 28.7 Å². The van der Waals surface area contributed by atoms with E-state index in [1.807, 2.05) is 32.0 Å². The Kier molecular flexibility index (Phi) is 4.44. The van der Waals surface area contributed by atoms with Crippen LogP contribution in [0.2, 0.25) is 0 Å². The number of nitrogens with one attached hydrogen (secondary N) is 1. The molecule has 0 atom stereocenters. The van der Waals surface area contributed by atoms with Gasteiger partial charge in [0.2, 0.25) is 5.91 Å². The van der Waals surface area contributed by atoms with Gasteiger partial charge in [0.25, 0.3) is 0 Å². The lowest BCUT2D eigenvalue weighted by Crippen LogP contribution is -2.20. The molecule has 0 fully saturated rings. The highest BCUT2D eigenvalue weighted by Crippen LogP contribution is 2.20. The third-order valence-corrected chi connectivity index (χ3v) is 4.09. The van der Waals surface area contributed by atoms with Gasteiger partial charge in [-0.1, -0.05) is 6.07 Å². The number of halogens is 1. The monoisotopic (exact) mass is 337 g/mol. The predicted octanol–water partition coefficient (Wildman–Crippen LogP) is 2.91. The molecule has 20 heavy (non-hydrogen) atoms. The summed E-state index contributed by atoms with van der Waals surface area (Å²) in [6, 6.07) is 7.24. The molecule has 2 rings (SSSR count). The molecule has 5 nitrogen and oxygen atoms in total. The molecule has 1 aromatic carbocycles. The van der Waals surface area contributed by atoms with Gasteiger partial charge in [-0.3, -0.25) is 9.48 Å². The van der Waals surface area contributed by atoms with Gasteiger partial charge in [-0.05, 0) is 41.9 Å². The maximum Gasteiger partial charge on any atom is 0.246 e. The molecule has 1 heterocycles. The second kappa shape index (κ2) is 6.09. The number of amides is 1. The van der Waals surface area contributed by atoms with Crippen LogP contribution in [0.3, 0.4) is 0 Å². The van der Waals surface area contributed by atoms with Gasteiger partial charge < -0.3 is 10.1 Å². The Hall–Kier alpha value is -1.82. The summed E-state index contributed by atoms with van der Waals surface area (Å²) in [4.78, 5) is 12.0. The number of hydrogen-bond acceptors (Lipinski definition) is 3. The molecule has 0 radical (unpaired) electrons. The molecular weight excluding hydrogens is 322 g/mol. The van der Waals surface area contributed by atoms with Gasteiger partial charge in [-0.25, -0.2) is 0 Å². The minimum atomic E-state index is -0.128. The molecule has 1 aromatic heterocycles. The van der Waals surface area contributed by atoms with Crippen molar-refractivity contribution in [2.24, 2.45) is 0 Å². The van der Waals surface area contributed by atoms with Crippen molar-refractivity contribution in [2.75, 3.05) is 12.4 Å². The summed E-state index contributed by atoms with van der Waals surface area (Å²) in [6.07, 6.45) is 0. The Labute approximate surface area is 126 Å². The summed E-state index contributed by atoms with van der Waals surface area (Å²) >= 11 is 3.44. The van der Waals surface area contributed by atoms with Crippen molar-refractivity contribution in [1.82, 2.24) is 9.78 Å². The molecule has 0 spiro atoms. The normalized spacial score (nSPS) is 10.4. The number of carbonyl (C=O) groups excluding carboxylic acids is 1. The predicted molar refractivity (Wildman–Crippen MR) is 81.0 cm³/mol. The van der Waals surface area contributed by atoms with Gasteiger partial charge in [0, 0.05) is 11.8 Å². The molecule has 0 bridgehead atoms. The van der Waals surface area contributed by atoms with Crippen LogP contribution < -0.4 is 10.1 Å².